The summed E-state index contributed by atoms with van der Waals surface area (Å²) >= 11 is 3.20. The van der Waals surface area contributed by atoms with Crippen LogP contribution in [0.3, 0.4) is 0 Å². The SMILES string of the molecule is C[C@@H](CNC(=O)c1ccc(F)cc1Br)c1ccccc1. The first-order chi connectivity index (χ1) is 9.58. The van der Waals surface area contributed by atoms with Crippen LogP contribution in [0, 0.1) is 5.82 Å². The van der Waals surface area contributed by atoms with Gasteiger partial charge in [0.1, 0.15) is 5.82 Å². The summed E-state index contributed by atoms with van der Waals surface area (Å²) < 4.78 is 13.4. The van der Waals surface area contributed by atoms with Crippen LogP contribution in [-0.2, 0) is 0 Å². The standard InChI is InChI=1S/C16H15BrFNO/c1-11(12-5-3-2-4-6-12)10-19-16(20)14-8-7-13(18)9-15(14)17/h2-9,11H,10H2,1H3,(H,19,20)/t11-/m0/s1. The van der Waals surface area contributed by atoms with Crippen LogP contribution in [0.1, 0.15) is 28.8 Å². The molecule has 4 heteroatoms. The Morgan fingerprint density at radius 1 is 1.25 bits per heavy atom. The highest BCUT2D eigenvalue weighted by Crippen LogP contribution is 2.18. The van der Waals surface area contributed by atoms with Crippen LogP contribution in [0.2, 0.25) is 0 Å². The average molecular weight is 336 g/mol. The van der Waals surface area contributed by atoms with Gasteiger partial charge in [-0.25, -0.2) is 4.39 Å². The van der Waals surface area contributed by atoms with Gasteiger partial charge in [-0.15, -0.1) is 0 Å². The van der Waals surface area contributed by atoms with Crippen molar-refractivity contribution in [2.45, 2.75) is 12.8 Å². The van der Waals surface area contributed by atoms with E-state index in [2.05, 4.69) is 28.2 Å². The summed E-state index contributed by atoms with van der Waals surface area (Å²) in [6, 6.07) is 14.0. The molecule has 2 nitrogen and oxygen atoms in total. The maximum atomic E-state index is 13.0. The molecule has 0 spiro atoms. The molecule has 2 aromatic rings. The lowest BCUT2D eigenvalue weighted by Gasteiger charge is -2.13. The number of halogens is 2. The van der Waals surface area contributed by atoms with Gasteiger partial charge in [-0.05, 0) is 45.6 Å². The number of hydrogen-bond donors (Lipinski definition) is 1. The van der Waals surface area contributed by atoms with Crippen molar-refractivity contribution < 1.29 is 9.18 Å². The van der Waals surface area contributed by atoms with E-state index in [-0.39, 0.29) is 17.6 Å². The maximum absolute atomic E-state index is 13.0. The smallest absolute Gasteiger partial charge is 0.252 e. The van der Waals surface area contributed by atoms with Crippen LogP contribution in [0.5, 0.6) is 0 Å². The molecule has 1 amide bonds. The molecule has 0 aliphatic heterocycles. The molecule has 0 aliphatic rings. The zero-order valence-electron chi connectivity index (χ0n) is 11.1. The van der Waals surface area contributed by atoms with Crippen molar-refractivity contribution in [1.82, 2.24) is 5.32 Å². The first-order valence-corrected chi connectivity index (χ1v) is 7.15. The van der Waals surface area contributed by atoms with E-state index >= 15 is 0 Å². The molecule has 104 valence electrons. The van der Waals surface area contributed by atoms with Gasteiger partial charge in [-0.3, -0.25) is 4.79 Å². The third-order valence-corrected chi connectivity index (χ3v) is 3.77. The van der Waals surface area contributed by atoms with Gasteiger partial charge in [-0.1, -0.05) is 37.3 Å². The number of nitrogens with one attached hydrogen (secondary N) is 1. The highest BCUT2D eigenvalue weighted by atomic mass is 79.9. The molecule has 20 heavy (non-hydrogen) atoms. The second-order valence-electron chi connectivity index (χ2n) is 4.65. The Labute approximate surface area is 126 Å². The molecular weight excluding hydrogens is 321 g/mol. The molecule has 0 radical (unpaired) electrons. The van der Waals surface area contributed by atoms with E-state index in [0.29, 0.717) is 16.6 Å². The summed E-state index contributed by atoms with van der Waals surface area (Å²) in [6.07, 6.45) is 0. The summed E-state index contributed by atoms with van der Waals surface area (Å²) in [5.74, 6) is -0.356. The second-order valence-corrected chi connectivity index (χ2v) is 5.50. The van der Waals surface area contributed by atoms with Crippen LogP contribution < -0.4 is 5.32 Å². The Hall–Kier alpha value is -1.68. The fourth-order valence-corrected chi connectivity index (χ4v) is 2.44. The Bertz CT molecular complexity index is 601. The fourth-order valence-electron chi connectivity index (χ4n) is 1.91. The van der Waals surface area contributed by atoms with Crippen molar-refractivity contribution in [2.75, 3.05) is 6.54 Å². The molecule has 0 fully saturated rings. The third kappa shape index (κ3) is 3.67. The number of amides is 1. The van der Waals surface area contributed by atoms with Gasteiger partial charge in [0.15, 0.2) is 0 Å². The quantitative estimate of drug-likeness (QED) is 0.894. The first kappa shape index (κ1) is 14.7. The largest absolute Gasteiger partial charge is 0.351 e. The monoisotopic (exact) mass is 335 g/mol. The maximum Gasteiger partial charge on any atom is 0.252 e. The average Bonchev–Trinajstić information content (AvgIpc) is 2.45. The lowest BCUT2D eigenvalue weighted by atomic mass is 10.0. The van der Waals surface area contributed by atoms with Crippen LogP contribution in [-0.4, -0.2) is 12.5 Å². The topological polar surface area (TPSA) is 29.1 Å². The van der Waals surface area contributed by atoms with E-state index in [9.17, 15) is 9.18 Å². The molecule has 2 aromatic carbocycles. The summed E-state index contributed by atoms with van der Waals surface area (Å²) in [6.45, 7) is 2.59. The second kappa shape index (κ2) is 6.66. The zero-order valence-corrected chi connectivity index (χ0v) is 12.7. The summed E-state index contributed by atoms with van der Waals surface area (Å²) in [5, 5.41) is 2.87. The van der Waals surface area contributed by atoms with Crippen LogP contribution in [0.4, 0.5) is 4.39 Å². The highest BCUT2D eigenvalue weighted by Gasteiger charge is 2.12. The van der Waals surface area contributed by atoms with Gasteiger partial charge in [0, 0.05) is 11.0 Å². The van der Waals surface area contributed by atoms with E-state index in [1.807, 2.05) is 30.3 Å². The molecular formula is C16H15BrFNO. The molecule has 0 aromatic heterocycles. The fraction of sp³-hybridized carbons (Fsp3) is 0.188. The van der Waals surface area contributed by atoms with Crippen molar-refractivity contribution in [3.63, 3.8) is 0 Å². The minimum Gasteiger partial charge on any atom is -0.351 e. The lowest BCUT2D eigenvalue weighted by Crippen LogP contribution is -2.27. The minimum absolute atomic E-state index is 0.209. The molecule has 1 N–H and O–H groups in total. The minimum atomic E-state index is -0.369. The van der Waals surface area contributed by atoms with E-state index in [0.717, 1.165) is 0 Å². The van der Waals surface area contributed by atoms with Gasteiger partial charge in [-0.2, -0.15) is 0 Å². The van der Waals surface area contributed by atoms with Crippen molar-refractivity contribution in [3.05, 3.63) is 69.9 Å². The number of rotatable bonds is 4. The van der Waals surface area contributed by atoms with Crippen molar-refractivity contribution >= 4 is 21.8 Å². The summed E-state index contributed by atoms with van der Waals surface area (Å²) in [5.41, 5.74) is 1.61. The van der Waals surface area contributed by atoms with Crippen LogP contribution in [0.15, 0.2) is 53.0 Å². The van der Waals surface area contributed by atoms with Gasteiger partial charge in [0.2, 0.25) is 0 Å². The molecule has 0 unspecified atom stereocenters. The Balaban J connectivity index is 1.99. The van der Waals surface area contributed by atoms with E-state index in [1.165, 1.54) is 23.8 Å². The number of benzene rings is 2. The number of hydrogen-bond acceptors (Lipinski definition) is 1. The molecule has 0 aliphatic carbocycles. The highest BCUT2D eigenvalue weighted by molar-refractivity contribution is 9.10. The van der Waals surface area contributed by atoms with E-state index < -0.39 is 0 Å². The van der Waals surface area contributed by atoms with Crippen molar-refractivity contribution in [2.24, 2.45) is 0 Å². The van der Waals surface area contributed by atoms with Crippen molar-refractivity contribution in [3.8, 4) is 0 Å². The number of carbonyl (C=O) groups excluding carboxylic acids is 1. The Morgan fingerprint density at radius 3 is 2.60 bits per heavy atom. The molecule has 1 atom stereocenters. The van der Waals surface area contributed by atoms with Crippen LogP contribution in [0.25, 0.3) is 0 Å². The van der Waals surface area contributed by atoms with Gasteiger partial charge < -0.3 is 5.32 Å². The molecule has 0 saturated heterocycles. The molecule has 0 saturated carbocycles. The summed E-state index contributed by atoms with van der Waals surface area (Å²) in [7, 11) is 0. The summed E-state index contributed by atoms with van der Waals surface area (Å²) in [4.78, 5) is 12.0. The van der Waals surface area contributed by atoms with Gasteiger partial charge >= 0.3 is 0 Å². The predicted octanol–water partition coefficient (Wildman–Crippen LogP) is 4.12. The molecule has 2 rings (SSSR count). The van der Waals surface area contributed by atoms with Crippen molar-refractivity contribution in [1.29, 1.82) is 0 Å². The van der Waals surface area contributed by atoms with Gasteiger partial charge in [0.05, 0.1) is 5.56 Å². The third-order valence-electron chi connectivity index (χ3n) is 3.11. The van der Waals surface area contributed by atoms with E-state index in [4.69, 9.17) is 0 Å². The first-order valence-electron chi connectivity index (χ1n) is 6.36. The zero-order chi connectivity index (χ0) is 14.5. The predicted molar refractivity (Wildman–Crippen MR) is 81.3 cm³/mol. The normalized spacial score (nSPS) is 11.9. The Morgan fingerprint density at radius 2 is 1.95 bits per heavy atom. The molecule has 0 bridgehead atoms. The molecule has 0 heterocycles. The Kier molecular flexibility index (Phi) is 4.90. The van der Waals surface area contributed by atoms with E-state index in [1.54, 1.807) is 0 Å². The number of carbonyl (C=O) groups is 1. The van der Waals surface area contributed by atoms with Crippen LogP contribution >= 0.6 is 15.9 Å². The lowest BCUT2D eigenvalue weighted by molar-refractivity contribution is 0.0951. The van der Waals surface area contributed by atoms with Gasteiger partial charge in [0.25, 0.3) is 5.91 Å².